The van der Waals surface area contributed by atoms with Crippen molar-refractivity contribution in [1.82, 2.24) is 30.7 Å². The molecule has 35 heteroatoms. The second kappa shape index (κ2) is 37.0. The molecule has 3 aliphatic heterocycles. The number of aliphatic carboxylic acids is 4. The molecule has 6 rings (SSSR count). The zero-order valence-electron chi connectivity index (χ0n) is 48.1. The number of nitrogens with zero attached hydrogens (tertiary/aromatic N) is 4. The molecule has 23 nitrogen and oxygen atoms in total. The van der Waals surface area contributed by atoms with Gasteiger partial charge in [-0.1, -0.05) is 49.2 Å². The summed E-state index contributed by atoms with van der Waals surface area (Å²) >= 11 is 0. The zero-order chi connectivity index (χ0) is 68.2. The number of hydrogen-bond acceptors (Lipinski definition) is 14. The van der Waals surface area contributed by atoms with E-state index in [0.29, 0.717) is 61.0 Å². The molecule has 0 radical (unpaired) electrons. The first-order valence-corrected chi connectivity index (χ1v) is 27.4. The summed E-state index contributed by atoms with van der Waals surface area (Å²) in [4.78, 5) is 110. The van der Waals surface area contributed by atoms with Crippen LogP contribution in [-0.4, -0.2) is 202 Å². The summed E-state index contributed by atoms with van der Waals surface area (Å²) in [6, 6.07) is 19.6. The number of piperazine rings is 1. The average Bonchev–Trinajstić information content (AvgIpc) is 1.74. The zero-order valence-corrected chi connectivity index (χ0v) is 48.1. The van der Waals surface area contributed by atoms with Crippen molar-refractivity contribution in [2.75, 3.05) is 82.2 Å². The fraction of sp³-hybridized carbons (Fsp3) is 0.509. The van der Waals surface area contributed by atoms with Crippen LogP contribution in [0.3, 0.4) is 0 Å². The second-order valence-corrected chi connectivity index (χ2v) is 20.1. The molecule has 11 N–H and O–H groups in total. The third-order valence-corrected chi connectivity index (χ3v) is 13.2. The first-order valence-electron chi connectivity index (χ1n) is 27.4. The van der Waals surface area contributed by atoms with Crippen LogP contribution < -0.4 is 31.9 Å². The predicted molar refractivity (Wildman–Crippen MR) is 296 cm³/mol. The molecule has 3 heterocycles. The van der Waals surface area contributed by atoms with E-state index in [1.54, 1.807) is 23.1 Å². The van der Waals surface area contributed by atoms with Crippen molar-refractivity contribution in [1.29, 1.82) is 0 Å². The summed E-state index contributed by atoms with van der Waals surface area (Å²) in [5.41, 5.74) is 8.90. The maximum absolute atomic E-state index is 13.9. The minimum absolute atomic E-state index is 0.0356. The number of unbranched alkanes of at least 4 members (excludes halogenated alkanes) is 2. The number of carbonyl (C=O) groups excluding carboxylic acids is 5. The van der Waals surface area contributed by atoms with E-state index in [2.05, 4.69) is 36.0 Å². The summed E-state index contributed by atoms with van der Waals surface area (Å²) < 4.78 is 127. The van der Waals surface area contributed by atoms with Gasteiger partial charge in [-0.05, 0) is 113 Å². The number of carboxylic acids is 4. The van der Waals surface area contributed by atoms with Crippen molar-refractivity contribution in [2.24, 2.45) is 11.7 Å². The third kappa shape index (κ3) is 29.3. The number of fused-ring (bicyclic) bond motifs is 2. The number of phenols is 1. The van der Waals surface area contributed by atoms with E-state index < -0.39 is 66.6 Å². The number of rotatable bonds is 20. The molecule has 0 aromatic heterocycles. The number of alkyl halides is 12. The van der Waals surface area contributed by atoms with E-state index in [1.165, 1.54) is 31.9 Å². The SMILES string of the molecule is CC(=O)N[C@@H](Cc1ccc(O)cc1)C(=O)N[C@@H](CCCCN)C(=O)NCCN1CCN(CCCCC2CCN(CC(=O)N3c4ccccc4NC(=O)c4ccccc43)CC2)CC1.O=C(O)C(F)(F)F.O=C(O)C(F)(F)F.O=C(O)C(F)(F)F.O=C(O)C(F)(F)F. The predicted octanol–water partition coefficient (Wildman–Crippen LogP) is 6.13. The van der Waals surface area contributed by atoms with Crippen molar-refractivity contribution >= 4 is 70.5 Å². The molecule has 2 fully saturated rings. The number of para-hydroxylation sites is 3. The van der Waals surface area contributed by atoms with Crippen LogP contribution in [0.4, 0.5) is 69.7 Å². The number of halogens is 12. The second-order valence-electron chi connectivity index (χ2n) is 20.1. The fourth-order valence-corrected chi connectivity index (χ4v) is 8.74. The van der Waals surface area contributed by atoms with E-state index in [4.69, 9.17) is 45.3 Å². The smallest absolute Gasteiger partial charge is 0.490 e. The maximum atomic E-state index is 13.9. The number of carboxylic acid groups (broad SMARTS) is 4. The van der Waals surface area contributed by atoms with Crippen molar-refractivity contribution < 1.29 is 121 Å². The van der Waals surface area contributed by atoms with Crippen LogP contribution in [0, 0.1) is 5.92 Å². The Hall–Kier alpha value is -8.31. The number of phenolic OH excluding ortho intramolecular Hbond substituents is 1. The van der Waals surface area contributed by atoms with Gasteiger partial charge in [0, 0.05) is 52.6 Å². The first kappa shape index (κ1) is 77.8. The van der Waals surface area contributed by atoms with Crippen molar-refractivity contribution in [3.05, 3.63) is 83.9 Å². The number of amides is 5. The van der Waals surface area contributed by atoms with Gasteiger partial charge < -0.3 is 57.4 Å². The van der Waals surface area contributed by atoms with Gasteiger partial charge in [0.1, 0.15) is 17.8 Å². The lowest BCUT2D eigenvalue weighted by Gasteiger charge is -2.35. The van der Waals surface area contributed by atoms with E-state index in [0.717, 1.165) is 83.6 Å². The molecule has 3 aromatic rings. The molecule has 0 aliphatic carbocycles. The molecule has 5 amide bonds. The summed E-state index contributed by atoms with van der Waals surface area (Å²) in [7, 11) is 0. The Bertz CT molecular complexity index is 2730. The Labute approximate surface area is 506 Å². The number of nitrogens with two attached hydrogens (primary N) is 1. The van der Waals surface area contributed by atoms with Crippen LogP contribution in [-0.2, 0) is 44.8 Å². The van der Waals surface area contributed by atoms with Gasteiger partial charge >= 0.3 is 48.6 Å². The summed E-state index contributed by atoms with van der Waals surface area (Å²) in [5.74, 6) is -11.5. The van der Waals surface area contributed by atoms with Gasteiger partial charge in [0.15, 0.2) is 0 Å². The minimum Gasteiger partial charge on any atom is -0.508 e. The van der Waals surface area contributed by atoms with Gasteiger partial charge in [-0.25, -0.2) is 19.2 Å². The van der Waals surface area contributed by atoms with Crippen molar-refractivity contribution in [2.45, 2.75) is 102 Å². The number of likely N-dealkylation sites (tertiary alicyclic amines) is 1. The van der Waals surface area contributed by atoms with Gasteiger partial charge in [-0.2, -0.15) is 52.7 Å². The molecule has 3 aromatic carbocycles. The van der Waals surface area contributed by atoms with E-state index in [-0.39, 0.29) is 35.8 Å². The first-order chi connectivity index (χ1) is 41.8. The quantitative estimate of drug-likeness (QED) is 0.0449. The average molecular weight is 1310 g/mol. The molecule has 2 saturated heterocycles. The molecule has 3 aliphatic rings. The molecule has 502 valence electrons. The highest BCUT2D eigenvalue weighted by atomic mass is 19.4. The number of aromatic hydroxyl groups is 1. The highest BCUT2D eigenvalue weighted by Gasteiger charge is 2.40. The maximum Gasteiger partial charge on any atom is 0.490 e. The largest absolute Gasteiger partial charge is 0.508 e. The minimum atomic E-state index is -5.08. The lowest BCUT2D eigenvalue weighted by Crippen LogP contribution is -2.55. The molecular formula is C55H69F12N9O14. The number of carbonyl (C=O) groups is 9. The highest BCUT2D eigenvalue weighted by Crippen LogP contribution is 2.38. The summed E-state index contributed by atoms with van der Waals surface area (Å²) in [5, 5.41) is 49.7. The van der Waals surface area contributed by atoms with Crippen LogP contribution in [0.1, 0.15) is 74.2 Å². The molecule has 0 unspecified atom stereocenters. The Balaban J connectivity index is 0.000000814. The number of benzene rings is 3. The Morgan fingerprint density at radius 1 is 0.589 bits per heavy atom. The third-order valence-electron chi connectivity index (χ3n) is 13.2. The molecule has 90 heavy (non-hydrogen) atoms. The summed E-state index contributed by atoms with van der Waals surface area (Å²) in [6.45, 7) is 10.0. The van der Waals surface area contributed by atoms with Crippen LogP contribution >= 0.6 is 0 Å². The van der Waals surface area contributed by atoms with Gasteiger partial charge in [-0.15, -0.1) is 0 Å². The standard InChI is InChI=1S/C47H65N9O6.4C2HF3O2/c1-34(57)50-41(32-36-16-18-37(58)19-17-36)47(62)52-40(13-6-8-22-48)46(61)49-23-27-54-30-28-53(29-31-54)24-9-7-10-35-20-25-55(26-21-35)33-44(59)56-42-14-4-2-11-38(42)45(60)51-39-12-3-5-15-43(39)56;4*3-2(4,5)1(6)7/h2-5,11-12,14-19,35,40-41,58H,6-10,13,20-33,48H2,1H3,(H,49,61)(H,50,57)(H,51,60)(H,52,62);4*(H,6,7)/t40-,41-;;;;/m0..../s1. The van der Waals surface area contributed by atoms with Gasteiger partial charge in [0.25, 0.3) is 5.91 Å². The number of hydrogen-bond donors (Lipinski definition) is 10. The van der Waals surface area contributed by atoms with Gasteiger partial charge in [0.2, 0.25) is 23.6 Å². The fourth-order valence-electron chi connectivity index (χ4n) is 8.74. The molecular weight excluding hydrogens is 1240 g/mol. The monoisotopic (exact) mass is 1310 g/mol. The lowest BCUT2D eigenvalue weighted by atomic mass is 9.91. The van der Waals surface area contributed by atoms with Crippen LogP contribution in [0.2, 0.25) is 0 Å². The number of nitrogens with one attached hydrogen (secondary N) is 4. The van der Waals surface area contributed by atoms with Crippen molar-refractivity contribution in [3.8, 4) is 5.75 Å². The Morgan fingerprint density at radius 2 is 1.07 bits per heavy atom. The number of anilines is 3. The molecule has 2 atom stereocenters. The Morgan fingerprint density at radius 3 is 1.56 bits per heavy atom. The van der Waals surface area contributed by atoms with Crippen molar-refractivity contribution in [3.63, 3.8) is 0 Å². The van der Waals surface area contributed by atoms with E-state index in [1.807, 2.05) is 42.5 Å². The Kier molecular flexibility index (Phi) is 32.0. The van der Waals surface area contributed by atoms with Gasteiger partial charge in [0.05, 0.1) is 29.2 Å². The highest BCUT2D eigenvalue weighted by molar-refractivity contribution is 6.18. The molecule has 0 spiro atoms. The van der Waals surface area contributed by atoms with Crippen LogP contribution in [0.5, 0.6) is 5.75 Å². The molecule has 0 saturated carbocycles. The molecule has 0 bridgehead atoms. The van der Waals surface area contributed by atoms with Crippen LogP contribution in [0.15, 0.2) is 72.8 Å². The topological polar surface area (TPSA) is 342 Å². The van der Waals surface area contributed by atoms with E-state index >= 15 is 0 Å². The van der Waals surface area contributed by atoms with Crippen LogP contribution in [0.25, 0.3) is 0 Å². The summed E-state index contributed by atoms with van der Waals surface area (Å²) in [6.07, 6.45) is -12.6. The van der Waals surface area contributed by atoms with E-state index in [9.17, 15) is 81.8 Å². The normalized spacial score (nSPS) is 15.4. The van der Waals surface area contributed by atoms with Gasteiger partial charge in [-0.3, -0.25) is 38.7 Å². The number of piperidine rings is 1. The lowest BCUT2D eigenvalue weighted by molar-refractivity contribution is -0.193.